The second-order valence-electron chi connectivity index (χ2n) is 5.44. The summed E-state index contributed by atoms with van der Waals surface area (Å²) in [5, 5.41) is 3.69. The monoisotopic (exact) mass is 430 g/mol. The molecule has 6 heteroatoms. The molecule has 0 atom stereocenters. The summed E-state index contributed by atoms with van der Waals surface area (Å²) < 4.78 is 0. The molecule has 0 amide bonds. The summed E-state index contributed by atoms with van der Waals surface area (Å²) in [6.45, 7) is 4.77. The minimum atomic E-state index is -0.151. The lowest BCUT2D eigenvalue weighted by molar-refractivity contribution is 0.540. The topological polar surface area (TPSA) is 63.3 Å². The lowest BCUT2D eigenvalue weighted by atomic mass is 9.85. The Morgan fingerprint density at radius 2 is 2.05 bits per heavy atom. The van der Waals surface area contributed by atoms with Crippen LogP contribution in [-0.4, -0.2) is 17.5 Å². The van der Waals surface area contributed by atoms with Crippen molar-refractivity contribution in [2.24, 2.45) is 10.7 Å². The highest BCUT2D eigenvalue weighted by atomic mass is 127. The zero-order chi connectivity index (χ0) is 15.3. The predicted octanol–water partition coefficient (Wildman–Crippen LogP) is 4.06. The number of hydrogen-bond acceptors (Lipinski definition) is 2. The number of nitrogens with zero attached hydrogens (tertiary/aromatic N) is 2. The molecule has 22 heavy (non-hydrogen) atoms. The van der Waals surface area contributed by atoms with Crippen molar-refractivity contribution in [3.63, 3.8) is 0 Å². The van der Waals surface area contributed by atoms with Crippen LogP contribution in [0.15, 0.2) is 53.7 Å². The molecule has 0 saturated carbocycles. The van der Waals surface area contributed by atoms with Gasteiger partial charge in [-0.25, -0.2) is 4.98 Å². The van der Waals surface area contributed by atoms with Gasteiger partial charge in [0.15, 0.2) is 5.96 Å². The van der Waals surface area contributed by atoms with Crippen molar-refractivity contribution in [3.05, 3.63) is 59.2 Å². The molecule has 0 fully saturated rings. The van der Waals surface area contributed by atoms with Crippen molar-refractivity contribution in [2.75, 3.05) is 11.9 Å². The Labute approximate surface area is 153 Å². The van der Waals surface area contributed by atoms with Gasteiger partial charge < -0.3 is 11.1 Å². The molecule has 0 radical (unpaired) electrons. The molecular weight excluding hydrogens is 411 g/mol. The molecule has 1 aromatic carbocycles. The molecule has 3 N–H and O–H groups in total. The molecular formula is C16H20ClIN4. The van der Waals surface area contributed by atoms with Gasteiger partial charge in [-0.15, -0.1) is 24.0 Å². The summed E-state index contributed by atoms with van der Waals surface area (Å²) in [6, 6.07) is 13.4. The second kappa shape index (κ2) is 8.33. The van der Waals surface area contributed by atoms with E-state index in [0.717, 1.165) is 10.6 Å². The summed E-state index contributed by atoms with van der Waals surface area (Å²) in [5.74, 6) is 1.03. The van der Waals surface area contributed by atoms with Crippen LogP contribution < -0.4 is 11.1 Å². The zero-order valence-corrected chi connectivity index (χ0v) is 15.7. The molecule has 0 aliphatic rings. The number of aromatic nitrogens is 1. The van der Waals surface area contributed by atoms with E-state index in [0.29, 0.717) is 18.3 Å². The quantitative estimate of drug-likeness (QED) is 0.437. The van der Waals surface area contributed by atoms with E-state index < -0.39 is 0 Å². The lowest BCUT2D eigenvalue weighted by Gasteiger charge is -2.23. The Kier molecular flexibility index (Phi) is 7.09. The van der Waals surface area contributed by atoms with Gasteiger partial charge >= 0.3 is 0 Å². The third kappa shape index (κ3) is 5.46. The lowest BCUT2D eigenvalue weighted by Crippen LogP contribution is -2.28. The first-order chi connectivity index (χ1) is 9.97. The van der Waals surface area contributed by atoms with Crippen LogP contribution in [0.5, 0.6) is 0 Å². The number of anilines is 1. The fourth-order valence-corrected chi connectivity index (χ4v) is 2.08. The Balaban J connectivity index is 0.00000242. The molecule has 2 aromatic rings. The summed E-state index contributed by atoms with van der Waals surface area (Å²) in [7, 11) is 0. The van der Waals surface area contributed by atoms with E-state index in [-0.39, 0.29) is 29.4 Å². The van der Waals surface area contributed by atoms with Crippen LogP contribution in [0.4, 0.5) is 5.82 Å². The van der Waals surface area contributed by atoms with Gasteiger partial charge in [-0.2, -0.15) is 0 Å². The average Bonchev–Trinajstić information content (AvgIpc) is 2.46. The Morgan fingerprint density at radius 3 is 2.68 bits per heavy atom. The van der Waals surface area contributed by atoms with Gasteiger partial charge in [0.1, 0.15) is 5.82 Å². The molecule has 0 saturated heterocycles. The van der Waals surface area contributed by atoms with Crippen LogP contribution in [0, 0.1) is 0 Å². The van der Waals surface area contributed by atoms with Gasteiger partial charge in [0, 0.05) is 16.6 Å². The molecule has 0 aliphatic heterocycles. The Morgan fingerprint density at radius 1 is 1.27 bits per heavy atom. The van der Waals surface area contributed by atoms with Crippen LogP contribution in [-0.2, 0) is 5.41 Å². The van der Waals surface area contributed by atoms with Crippen LogP contribution >= 0.6 is 35.6 Å². The van der Waals surface area contributed by atoms with E-state index in [4.69, 9.17) is 17.3 Å². The van der Waals surface area contributed by atoms with Crippen molar-refractivity contribution in [3.8, 4) is 0 Å². The number of hydrogen-bond donors (Lipinski definition) is 2. The fraction of sp³-hybridized carbons (Fsp3) is 0.250. The second-order valence-corrected chi connectivity index (χ2v) is 5.87. The smallest absolute Gasteiger partial charge is 0.194 e. The number of guanidine groups is 1. The highest BCUT2D eigenvalue weighted by Crippen LogP contribution is 2.25. The molecule has 1 aromatic heterocycles. The van der Waals surface area contributed by atoms with Crippen LogP contribution in [0.3, 0.4) is 0 Å². The standard InChI is InChI=1S/C16H19ClN4.HI/c1-16(2,12-6-5-7-13(17)10-12)11-20-15(18)21-14-8-3-4-9-19-14;/h3-10H,11H2,1-2H3,(H3,18,19,20,21);1H. The van der Waals surface area contributed by atoms with Gasteiger partial charge in [-0.05, 0) is 29.8 Å². The first-order valence-corrected chi connectivity index (χ1v) is 7.09. The summed E-state index contributed by atoms with van der Waals surface area (Å²) >= 11 is 6.04. The number of pyridine rings is 1. The summed E-state index contributed by atoms with van der Waals surface area (Å²) in [6.07, 6.45) is 1.70. The third-order valence-electron chi connectivity index (χ3n) is 3.17. The van der Waals surface area contributed by atoms with Crippen molar-refractivity contribution < 1.29 is 0 Å². The van der Waals surface area contributed by atoms with Crippen molar-refractivity contribution in [2.45, 2.75) is 19.3 Å². The van der Waals surface area contributed by atoms with Crippen molar-refractivity contribution >= 4 is 47.4 Å². The molecule has 0 spiro atoms. The molecule has 2 rings (SSSR count). The molecule has 4 nitrogen and oxygen atoms in total. The maximum atomic E-state index is 6.04. The first-order valence-electron chi connectivity index (χ1n) is 6.71. The maximum absolute atomic E-state index is 6.04. The highest BCUT2D eigenvalue weighted by molar-refractivity contribution is 14.0. The minimum Gasteiger partial charge on any atom is -0.370 e. The number of aliphatic imine (C=N–C) groups is 1. The SMILES string of the molecule is CC(C)(CN=C(N)Nc1ccccn1)c1cccc(Cl)c1.I. The number of benzene rings is 1. The molecule has 0 unspecified atom stereocenters. The van der Waals surface area contributed by atoms with Crippen LogP contribution in [0.2, 0.25) is 5.02 Å². The van der Waals surface area contributed by atoms with Crippen LogP contribution in [0.25, 0.3) is 0 Å². The zero-order valence-electron chi connectivity index (χ0n) is 12.6. The molecule has 0 aliphatic carbocycles. The number of halogens is 2. The van der Waals surface area contributed by atoms with Gasteiger partial charge in [0.25, 0.3) is 0 Å². The van der Waals surface area contributed by atoms with E-state index >= 15 is 0 Å². The Bertz CT molecular complexity index is 629. The fourth-order valence-electron chi connectivity index (χ4n) is 1.89. The van der Waals surface area contributed by atoms with Gasteiger partial charge in [-0.3, -0.25) is 4.99 Å². The summed E-state index contributed by atoms with van der Waals surface area (Å²) in [4.78, 5) is 8.54. The normalized spacial score (nSPS) is 11.7. The van der Waals surface area contributed by atoms with Gasteiger partial charge in [0.05, 0.1) is 6.54 Å². The Hall–Kier alpha value is -1.34. The van der Waals surface area contributed by atoms with E-state index in [1.165, 1.54) is 0 Å². The molecule has 118 valence electrons. The van der Waals surface area contributed by atoms with E-state index in [9.17, 15) is 0 Å². The van der Waals surface area contributed by atoms with Crippen molar-refractivity contribution in [1.82, 2.24) is 4.98 Å². The third-order valence-corrected chi connectivity index (χ3v) is 3.41. The maximum Gasteiger partial charge on any atom is 0.194 e. The van der Waals surface area contributed by atoms with E-state index in [1.807, 2.05) is 42.5 Å². The minimum absolute atomic E-state index is 0. The largest absolute Gasteiger partial charge is 0.370 e. The van der Waals surface area contributed by atoms with E-state index in [2.05, 4.69) is 29.1 Å². The average molecular weight is 431 g/mol. The molecule has 1 heterocycles. The van der Waals surface area contributed by atoms with Crippen LogP contribution in [0.1, 0.15) is 19.4 Å². The van der Waals surface area contributed by atoms with Gasteiger partial charge in [-0.1, -0.05) is 43.6 Å². The molecule has 0 bridgehead atoms. The van der Waals surface area contributed by atoms with E-state index in [1.54, 1.807) is 6.20 Å². The number of nitrogens with two attached hydrogens (primary N) is 1. The van der Waals surface area contributed by atoms with Gasteiger partial charge in [0.2, 0.25) is 0 Å². The number of nitrogens with one attached hydrogen (secondary N) is 1. The summed E-state index contributed by atoms with van der Waals surface area (Å²) in [5.41, 5.74) is 6.87. The number of rotatable bonds is 4. The highest BCUT2D eigenvalue weighted by Gasteiger charge is 2.20. The van der Waals surface area contributed by atoms with Crippen molar-refractivity contribution in [1.29, 1.82) is 0 Å². The predicted molar refractivity (Wildman–Crippen MR) is 104 cm³/mol. The first kappa shape index (κ1) is 18.7.